The Bertz CT molecular complexity index is 307. The molecule has 15 heavy (non-hydrogen) atoms. The number of ketones is 1. The van der Waals surface area contributed by atoms with E-state index in [1.54, 1.807) is 0 Å². The molecule has 0 aromatic heterocycles. The van der Waals surface area contributed by atoms with Crippen molar-refractivity contribution in [3.8, 4) is 0 Å². The van der Waals surface area contributed by atoms with Crippen LogP contribution in [0.5, 0.6) is 0 Å². The first kappa shape index (κ1) is 11.5. The van der Waals surface area contributed by atoms with Crippen molar-refractivity contribution >= 4 is 29.0 Å². The van der Waals surface area contributed by atoms with Crippen molar-refractivity contribution in [3.05, 3.63) is 11.6 Å². The first-order valence-electron chi connectivity index (χ1n) is 5.63. The summed E-state index contributed by atoms with van der Waals surface area (Å²) >= 11 is 12.5. The van der Waals surface area contributed by atoms with Gasteiger partial charge in [0.2, 0.25) is 0 Å². The van der Waals surface area contributed by atoms with Gasteiger partial charge in [0.1, 0.15) is 0 Å². The highest BCUT2D eigenvalue weighted by molar-refractivity contribution is 6.58. The van der Waals surface area contributed by atoms with E-state index in [0.29, 0.717) is 6.42 Å². The summed E-state index contributed by atoms with van der Waals surface area (Å²) in [5.41, 5.74) is 1.31. The summed E-state index contributed by atoms with van der Waals surface area (Å²) < 4.78 is -1.17. The fraction of sp³-hybridized carbons (Fsp3) is 0.750. The molecule has 0 spiro atoms. The molecule has 2 atom stereocenters. The van der Waals surface area contributed by atoms with Crippen LogP contribution in [0.1, 0.15) is 39.0 Å². The van der Waals surface area contributed by atoms with Crippen LogP contribution in [0.25, 0.3) is 0 Å². The van der Waals surface area contributed by atoms with Crippen LogP contribution in [0.15, 0.2) is 11.6 Å². The Labute approximate surface area is 101 Å². The third-order valence-corrected chi connectivity index (χ3v) is 4.42. The standard InChI is InChI=1S/C12H16Cl2O/c1-8-6-9-4-2-3-5-10(9)12(13,14)11(15)7-8/h6,8,10H,2-5,7H2,1H3/t8-,10+/m0/s1. The van der Waals surface area contributed by atoms with Crippen LogP contribution in [-0.2, 0) is 4.79 Å². The number of carbonyl (C=O) groups is 1. The Kier molecular flexibility index (Phi) is 3.14. The third kappa shape index (κ3) is 2.09. The molecule has 1 saturated carbocycles. The molecule has 2 aliphatic rings. The van der Waals surface area contributed by atoms with Gasteiger partial charge in [-0.15, -0.1) is 0 Å². The number of rotatable bonds is 0. The first-order valence-corrected chi connectivity index (χ1v) is 6.39. The summed E-state index contributed by atoms with van der Waals surface area (Å²) in [6.07, 6.45) is 7.04. The second kappa shape index (κ2) is 4.10. The molecular weight excluding hydrogens is 231 g/mol. The second-order valence-corrected chi connectivity index (χ2v) is 6.15. The molecule has 0 unspecified atom stereocenters. The van der Waals surface area contributed by atoms with Crippen molar-refractivity contribution in [1.82, 2.24) is 0 Å². The van der Waals surface area contributed by atoms with Gasteiger partial charge >= 0.3 is 0 Å². The van der Waals surface area contributed by atoms with Gasteiger partial charge in [-0.05, 0) is 25.2 Å². The monoisotopic (exact) mass is 246 g/mol. The minimum atomic E-state index is -1.17. The normalized spacial score (nSPS) is 35.4. The minimum Gasteiger partial charge on any atom is -0.296 e. The molecule has 0 radical (unpaired) electrons. The molecule has 0 amide bonds. The summed E-state index contributed by atoms with van der Waals surface area (Å²) in [5.74, 6) is 0.344. The van der Waals surface area contributed by atoms with E-state index in [1.165, 1.54) is 12.0 Å². The van der Waals surface area contributed by atoms with E-state index in [-0.39, 0.29) is 17.6 Å². The number of Topliss-reactive ketones (excluding diaryl/α,β-unsaturated/α-hetero) is 1. The van der Waals surface area contributed by atoms with Gasteiger partial charge in [-0.3, -0.25) is 4.79 Å². The second-order valence-electron chi connectivity index (χ2n) is 4.77. The fourth-order valence-electron chi connectivity index (χ4n) is 2.70. The van der Waals surface area contributed by atoms with Gasteiger partial charge in [0.05, 0.1) is 0 Å². The van der Waals surface area contributed by atoms with E-state index >= 15 is 0 Å². The van der Waals surface area contributed by atoms with E-state index in [9.17, 15) is 4.79 Å². The number of hydrogen-bond donors (Lipinski definition) is 0. The Morgan fingerprint density at radius 2 is 2.13 bits per heavy atom. The summed E-state index contributed by atoms with van der Waals surface area (Å²) in [6, 6.07) is 0. The molecule has 84 valence electrons. The van der Waals surface area contributed by atoms with Gasteiger partial charge in [-0.25, -0.2) is 0 Å². The van der Waals surface area contributed by atoms with Gasteiger partial charge in [0.25, 0.3) is 0 Å². The molecule has 1 fully saturated rings. The summed E-state index contributed by atoms with van der Waals surface area (Å²) in [6.45, 7) is 2.06. The maximum absolute atomic E-state index is 11.9. The van der Waals surface area contributed by atoms with Crippen LogP contribution >= 0.6 is 23.2 Å². The van der Waals surface area contributed by atoms with Gasteiger partial charge in [0, 0.05) is 12.3 Å². The molecule has 2 rings (SSSR count). The maximum Gasteiger partial charge on any atom is 0.182 e. The van der Waals surface area contributed by atoms with Crippen LogP contribution in [0.2, 0.25) is 0 Å². The molecule has 0 aromatic rings. The quantitative estimate of drug-likeness (QED) is 0.469. The Morgan fingerprint density at radius 1 is 1.40 bits per heavy atom. The third-order valence-electron chi connectivity index (χ3n) is 3.47. The van der Waals surface area contributed by atoms with Gasteiger partial charge in [-0.1, -0.05) is 48.2 Å². The lowest BCUT2D eigenvalue weighted by Gasteiger charge is -2.32. The smallest absolute Gasteiger partial charge is 0.182 e. The largest absolute Gasteiger partial charge is 0.296 e. The van der Waals surface area contributed by atoms with Crippen LogP contribution in [0.3, 0.4) is 0 Å². The predicted octanol–water partition coefficient (Wildman–Crippen LogP) is 3.89. The molecule has 2 aliphatic carbocycles. The molecule has 0 aliphatic heterocycles. The lowest BCUT2D eigenvalue weighted by atomic mass is 9.81. The Balaban J connectivity index is 2.35. The lowest BCUT2D eigenvalue weighted by Crippen LogP contribution is -2.36. The predicted molar refractivity (Wildman–Crippen MR) is 63.3 cm³/mol. The molecular formula is C12H16Cl2O. The maximum atomic E-state index is 11.9. The Morgan fingerprint density at radius 3 is 2.87 bits per heavy atom. The first-order chi connectivity index (χ1) is 7.01. The molecule has 0 bridgehead atoms. The van der Waals surface area contributed by atoms with E-state index in [2.05, 4.69) is 13.0 Å². The van der Waals surface area contributed by atoms with E-state index in [0.717, 1.165) is 19.3 Å². The van der Waals surface area contributed by atoms with Crippen LogP contribution in [-0.4, -0.2) is 10.1 Å². The summed E-state index contributed by atoms with van der Waals surface area (Å²) in [7, 11) is 0. The minimum absolute atomic E-state index is 0.00326. The van der Waals surface area contributed by atoms with Crippen LogP contribution in [0.4, 0.5) is 0 Å². The van der Waals surface area contributed by atoms with Crippen molar-refractivity contribution in [1.29, 1.82) is 0 Å². The molecule has 3 heteroatoms. The van der Waals surface area contributed by atoms with E-state index in [1.807, 2.05) is 0 Å². The topological polar surface area (TPSA) is 17.1 Å². The fourth-order valence-corrected chi connectivity index (χ4v) is 3.35. The zero-order chi connectivity index (χ0) is 11.1. The van der Waals surface area contributed by atoms with Crippen molar-refractivity contribution in [2.75, 3.05) is 0 Å². The van der Waals surface area contributed by atoms with Gasteiger partial charge in [-0.2, -0.15) is 0 Å². The Hall–Kier alpha value is -0.0100. The van der Waals surface area contributed by atoms with Crippen molar-refractivity contribution in [3.63, 3.8) is 0 Å². The van der Waals surface area contributed by atoms with Crippen molar-refractivity contribution < 1.29 is 4.79 Å². The number of allylic oxidation sites excluding steroid dienone is 2. The number of carbonyl (C=O) groups excluding carboxylic acids is 1. The molecule has 0 N–H and O–H groups in total. The van der Waals surface area contributed by atoms with Crippen LogP contribution in [0, 0.1) is 11.8 Å². The zero-order valence-electron chi connectivity index (χ0n) is 8.93. The number of hydrogen-bond acceptors (Lipinski definition) is 1. The van der Waals surface area contributed by atoms with Gasteiger partial charge < -0.3 is 0 Å². The molecule has 0 aromatic carbocycles. The van der Waals surface area contributed by atoms with Crippen molar-refractivity contribution in [2.45, 2.75) is 43.4 Å². The average Bonchev–Trinajstić information content (AvgIpc) is 2.24. The number of halogens is 2. The SMILES string of the molecule is C[C@H]1C=C2CCCC[C@H]2C(Cl)(Cl)C(=O)C1. The summed E-state index contributed by atoms with van der Waals surface area (Å²) in [5, 5.41) is 0. The highest BCUT2D eigenvalue weighted by Gasteiger charge is 2.45. The van der Waals surface area contributed by atoms with Gasteiger partial charge in [0.15, 0.2) is 10.1 Å². The summed E-state index contributed by atoms with van der Waals surface area (Å²) in [4.78, 5) is 11.9. The number of alkyl halides is 2. The number of fused-ring (bicyclic) bond motifs is 1. The highest BCUT2D eigenvalue weighted by atomic mass is 35.5. The molecule has 1 nitrogen and oxygen atoms in total. The van der Waals surface area contributed by atoms with E-state index in [4.69, 9.17) is 23.2 Å². The molecule has 0 saturated heterocycles. The van der Waals surface area contributed by atoms with Crippen molar-refractivity contribution in [2.24, 2.45) is 11.8 Å². The highest BCUT2D eigenvalue weighted by Crippen LogP contribution is 2.47. The van der Waals surface area contributed by atoms with E-state index < -0.39 is 4.33 Å². The lowest BCUT2D eigenvalue weighted by molar-refractivity contribution is -0.120. The average molecular weight is 247 g/mol. The molecule has 0 heterocycles. The van der Waals surface area contributed by atoms with Crippen LogP contribution < -0.4 is 0 Å². The zero-order valence-corrected chi connectivity index (χ0v) is 10.4.